The molecule has 0 radical (unpaired) electrons. The van der Waals surface area contributed by atoms with Crippen molar-refractivity contribution >= 4 is 11.6 Å². The SMILES string of the molecule is O=C(CCc1ccc(F)cc1)Nc1c(F)c(F)c(C(F)(F)F)c(F)c1F. The molecule has 1 amide bonds. The van der Waals surface area contributed by atoms with Gasteiger partial charge in [0.2, 0.25) is 5.91 Å². The topological polar surface area (TPSA) is 29.1 Å². The highest BCUT2D eigenvalue weighted by Crippen LogP contribution is 2.38. The number of alkyl halides is 3. The Bertz CT molecular complexity index is 801. The number of carbonyl (C=O) groups excluding carboxylic acids is 1. The number of carbonyl (C=O) groups is 1. The van der Waals surface area contributed by atoms with Crippen molar-refractivity contribution in [1.29, 1.82) is 0 Å². The van der Waals surface area contributed by atoms with Crippen LogP contribution in [0.25, 0.3) is 0 Å². The van der Waals surface area contributed by atoms with E-state index in [1.807, 2.05) is 0 Å². The summed E-state index contributed by atoms with van der Waals surface area (Å²) in [7, 11) is 0. The number of rotatable bonds is 4. The van der Waals surface area contributed by atoms with Crippen molar-refractivity contribution in [3.05, 3.63) is 64.5 Å². The third-order valence-electron chi connectivity index (χ3n) is 3.37. The molecular formula is C16H9F8NO. The maximum atomic E-state index is 13.7. The predicted molar refractivity (Wildman–Crippen MR) is 74.6 cm³/mol. The lowest BCUT2D eigenvalue weighted by atomic mass is 10.1. The standard InChI is InChI=1S/C16H9F8NO/c17-8-4-1-7(2-5-8)3-6-9(26)25-15-13(20)11(18)10(16(22,23)24)12(19)14(15)21/h1-2,4-5H,3,6H2,(H,25,26). The Morgan fingerprint density at radius 2 is 1.35 bits per heavy atom. The lowest BCUT2D eigenvalue weighted by molar-refractivity contribution is -0.143. The van der Waals surface area contributed by atoms with Gasteiger partial charge in [0.25, 0.3) is 0 Å². The third kappa shape index (κ3) is 4.12. The minimum atomic E-state index is -5.67. The summed E-state index contributed by atoms with van der Waals surface area (Å²) in [4.78, 5) is 11.7. The summed E-state index contributed by atoms with van der Waals surface area (Å²) in [5.41, 5.74) is -3.90. The van der Waals surface area contributed by atoms with Gasteiger partial charge >= 0.3 is 6.18 Å². The van der Waals surface area contributed by atoms with Crippen molar-refractivity contribution in [3.8, 4) is 0 Å². The van der Waals surface area contributed by atoms with Crippen LogP contribution in [0.5, 0.6) is 0 Å². The van der Waals surface area contributed by atoms with E-state index >= 15 is 0 Å². The molecule has 1 N–H and O–H groups in total. The Labute approximate surface area is 141 Å². The van der Waals surface area contributed by atoms with Crippen LogP contribution in [0.1, 0.15) is 17.5 Å². The Hall–Kier alpha value is -2.65. The predicted octanol–water partition coefficient (Wildman–Crippen LogP) is 4.97. The second-order valence-corrected chi connectivity index (χ2v) is 5.18. The zero-order chi connectivity index (χ0) is 19.6. The summed E-state index contributed by atoms with van der Waals surface area (Å²) in [6.07, 6.45) is -6.10. The van der Waals surface area contributed by atoms with Crippen molar-refractivity contribution in [2.45, 2.75) is 19.0 Å². The number of halogens is 8. The van der Waals surface area contributed by atoms with Crippen LogP contribution in [0.2, 0.25) is 0 Å². The molecule has 26 heavy (non-hydrogen) atoms. The second kappa shape index (κ2) is 7.30. The van der Waals surface area contributed by atoms with Gasteiger partial charge in [0.1, 0.15) is 17.1 Å². The van der Waals surface area contributed by atoms with E-state index < -0.39 is 58.8 Å². The van der Waals surface area contributed by atoms with Gasteiger partial charge in [-0.2, -0.15) is 13.2 Å². The number of hydrogen-bond donors (Lipinski definition) is 1. The average Bonchev–Trinajstić information content (AvgIpc) is 2.55. The fourth-order valence-electron chi connectivity index (χ4n) is 2.10. The van der Waals surface area contributed by atoms with Crippen molar-refractivity contribution in [2.24, 2.45) is 0 Å². The second-order valence-electron chi connectivity index (χ2n) is 5.18. The molecule has 0 aliphatic rings. The maximum Gasteiger partial charge on any atom is 0.422 e. The van der Waals surface area contributed by atoms with Gasteiger partial charge in [0.15, 0.2) is 23.3 Å². The molecular weight excluding hydrogens is 374 g/mol. The van der Waals surface area contributed by atoms with E-state index in [1.165, 1.54) is 17.4 Å². The Morgan fingerprint density at radius 3 is 1.81 bits per heavy atom. The quantitative estimate of drug-likeness (QED) is 0.586. The summed E-state index contributed by atoms with van der Waals surface area (Å²) in [6.45, 7) is 0. The van der Waals surface area contributed by atoms with Gasteiger partial charge in [-0.3, -0.25) is 4.79 Å². The first-order chi connectivity index (χ1) is 12.0. The van der Waals surface area contributed by atoms with E-state index in [0.717, 1.165) is 12.1 Å². The minimum absolute atomic E-state index is 0.0129. The summed E-state index contributed by atoms with van der Waals surface area (Å²) < 4.78 is 104. The first kappa shape index (κ1) is 19.7. The van der Waals surface area contributed by atoms with Crippen molar-refractivity contribution in [2.75, 3.05) is 5.32 Å². The fourth-order valence-corrected chi connectivity index (χ4v) is 2.10. The van der Waals surface area contributed by atoms with Gasteiger partial charge in [-0.25, -0.2) is 22.0 Å². The molecule has 0 saturated carbocycles. The van der Waals surface area contributed by atoms with Crippen LogP contribution in [0.15, 0.2) is 24.3 Å². The molecule has 0 atom stereocenters. The molecule has 0 aliphatic carbocycles. The molecule has 0 spiro atoms. The van der Waals surface area contributed by atoms with Crippen LogP contribution in [0, 0.1) is 29.1 Å². The molecule has 0 aromatic heterocycles. The van der Waals surface area contributed by atoms with Crippen molar-refractivity contribution < 1.29 is 39.9 Å². The largest absolute Gasteiger partial charge is 0.422 e. The smallest absolute Gasteiger partial charge is 0.321 e. The monoisotopic (exact) mass is 383 g/mol. The Balaban J connectivity index is 2.21. The highest BCUT2D eigenvalue weighted by atomic mass is 19.4. The van der Waals surface area contributed by atoms with E-state index in [1.54, 1.807) is 0 Å². The third-order valence-corrected chi connectivity index (χ3v) is 3.37. The van der Waals surface area contributed by atoms with Gasteiger partial charge in [-0.15, -0.1) is 0 Å². The van der Waals surface area contributed by atoms with E-state index in [9.17, 15) is 39.9 Å². The zero-order valence-electron chi connectivity index (χ0n) is 12.7. The van der Waals surface area contributed by atoms with E-state index in [2.05, 4.69) is 0 Å². The van der Waals surface area contributed by atoms with Gasteiger partial charge in [-0.05, 0) is 24.1 Å². The molecule has 0 aliphatic heterocycles. The van der Waals surface area contributed by atoms with Crippen LogP contribution in [-0.4, -0.2) is 5.91 Å². The molecule has 0 unspecified atom stereocenters. The molecule has 2 aromatic rings. The van der Waals surface area contributed by atoms with Gasteiger partial charge < -0.3 is 5.32 Å². The number of amides is 1. The summed E-state index contributed by atoms with van der Waals surface area (Å²) >= 11 is 0. The summed E-state index contributed by atoms with van der Waals surface area (Å²) in [5.74, 6) is -11.7. The number of nitrogens with one attached hydrogen (secondary N) is 1. The molecule has 10 heteroatoms. The number of aryl methyl sites for hydroxylation is 1. The van der Waals surface area contributed by atoms with Gasteiger partial charge in [0.05, 0.1) is 0 Å². The lowest BCUT2D eigenvalue weighted by Gasteiger charge is -2.14. The molecule has 0 heterocycles. The number of hydrogen-bond acceptors (Lipinski definition) is 1. The van der Waals surface area contributed by atoms with E-state index in [-0.39, 0.29) is 6.42 Å². The van der Waals surface area contributed by atoms with Crippen LogP contribution in [0.3, 0.4) is 0 Å². The highest BCUT2D eigenvalue weighted by Gasteiger charge is 2.42. The zero-order valence-corrected chi connectivity index (χ0v) is 12.7. The van der Waals surface area contributed by atoms with Crippen LogP contribution >= 0.6 is 0 Å². The van der Waals surface area contributed by atoms with E-state index in [4.69, 9.17) is 0 Å². The van der Waals surface area contributed by atoms with Crippen LogP contribution in [-0.2, 0) is 17.4 Å². The number of benzene rings is 2. The average molecular weight is 383 g/mol. The maximum absolute atomic E-state index is 13.7. The van der Waals surface area contributed by atoms with Crippen LogP contribution in [0.4, 0.5) is 40.8 Å². The normalized spacial score (nSPS) is 11.5. The fraction of sp³-hybridized carbons (Fsp3) is 0.188. The molecule has 0 saturated heterocycles. The number of anilines is 1. The van der Waals surface area contributed by atoms with Gasteiger partial charge in [0, 0.05) is 6.42 Å². The molecule has 0 fully saturated rings. The molecule has 2 aromatic carbocycles. The molecule has 2 nitrogen and oxygen atoms in total. The van der Waals surface area contributed by atoms with Crippen molar-refractivity contribution in [1.82, 2.24) is 0 Å². The summed E-state index contributed by atoms with van der Waals surface area (Å²) in [5, 5.41) is 1.51. The lowest BCUT2D eigenvalue weighted by Crippen LogP contribution is -2.20. The Kier molecular flexibility index (Phi) is 5.53. The summed E-state index contributed by atoms with van der Waals surface area (Å²) in [6, 6.07) is 4.88. The van der Waals surface area contributed by atoms with Crippen LogP contribution < -0.4 is 5.32 Å². The molecule has 0 bridgehead atoms. The molecule has 140 valence electrons. The van der Waals surface area contributed by atoms with Crippen molar-refractivity contribution in [3.63, 3.8) is 0 Å². The molecule has 2 rings (SSSR count). The first-order valence-corrected chi connectivity index (χ1v) is 6.99. The highest BCUT2D eigenvalue weighted by molar-refractivity contribution is 5.91. The Morgan fingerprint density at radius 1 is 0.846 bits per heavy atom. The van der Waals surface area contributed by atoms with Gasteiger partial charge in [-0.1, -0.05) is 12.1 Å². The van der Waals surface area contributed by atoms with E-state index in [0.29, 0.717) is 5.56 Å². The first-order valence-electron chi connectivity index (χ1n) is 6.99. The minimum Gasteiger partial charge on any atom is -0.321 e.